The summed E-state index contributed by atoms with van der Waals surface area (Å²) in [5, 5.41) is 0. The largest absolute Gasteiger partial charge is 0.460 e. The summed E-state index contributed by atoms with van der Waals surface area (Å²) in [4.78, 5) is 34.4. The average molecular weight is 211 g/mol. The molecule has 1 saturated heterocycles. The molecule has 1 aliphatic heterocycles. The lowest BCUT2D eigenvalue weighted by Gasteiger charge is -2.11. The molecule has 0 aromatic rings. The maximum Gasteiger partial charge on any atom is 0.326 e. The molecule has 1 fully saturated rings. The van der Waals surface area contributed by atoms with Gasteiger partial charge in [-0.1, -0.05) is 12.2 Å². The van der Waals surface area contributed by atoms with E-state index < -0.39 is 5.97 Å². The van der Waals surface area contributed by atoms with Gasteiger partial charge in [0.2, 0.25) is 11.8 Å². The molecular weight excluding hydrogens is 198 g/mol. The Kier molecular flexibility index (Phi) is 4.03. The lowest BCUT2D eigenvalue weighted by Crippen LogP contribution is -2.35. The van der Waals surface area contributed by atoms with E-state index >= 15 is 0 Å². The number of hydrogen-bond acceptors (Lipinski definition) is 4. The highest BCUT2D eigenvalue weighted by Gasteiger charge is 2.30. The number of allylic oxidation sites excluding steroid dienone is 1. The van der Waals surface area contributed by atoms with Crippen LogP contribution in [0, 0.1) is 0 Å². The van der Waals surface area contributed by atoms with Crippen LogP contribution in [0.3, 0.4) is 0 Å². The van der Waals surface area contributed by atoms with Crippen LogP contribution in [0.1, 0.15) is 19.8 Å². The fraction of sp³-hybridized carbons (Fsp3) is 0.500. The summed E-state index contributed by atoms with van der Waals surface area (Å²) in [6, 6.07) is 0. The van der Waals surface area contributed by atoms with E-state index in [1.165, 1.54) is 0 Å². The highest BCUT2D eigenvalue weighted by atomic mass is 16.5. The smallest absolute Gasteiger partial charge is 0.326 e. The van der Waals surface area contributed by atoms with Crippen LogP contribution in [0.2, 0.25) is 0 Å². The fourth-order valence-corrected chi connectivity index (χ4v) is 1.21. The van der Waals surface area contributed by atoms with Crippen molar-refractivity contribution in [3.63, 3.8) is 0 Å². The molecule has 5 heteroatoms. The molecule has 0 bridgehead atoms. The summed E-state index contributed by atoms with van der Waals surface area (Å²) in [5.74, 6) is -1.16. The van der Waals surface area contributed by atoms with E-state index in [0.717, 1.165) is 4.90 Å². The second-order valence-electron chi connectivity index (χ2n) is 3.13. The zero-order chi connectivity index (χ0) is 11.3. The van der Waals surface area contributed by atoms with Gasteiger partial charge in [-0.25, -0.2) is 0 Å². The van der Waals surface area contributed by atoms with Gasteiger partial charge in [-0.3, -0.25) is 19.3 Å². The first-order valence-corrected chi connectivity index (χ1v) is 4.75. The Bertz CT molecular complexity index is 293. The second kappa shape index (κ2) is 5.29. The topological polar surface area (TPSA) is 63.7 Å². The van der Waals surface area contributed by atoms with Crippen LogP contribution in [-0.2, 0) is 19.1 Å². The molecule has 0 radical (unpaired) electrons. The fourth-order valence-electron chi connectivity index (χ4n) is 1.21. The van der Waals surface area contributed by atoms with Gasteiger partial charge in [0.15, 0.2) is 0 Å². The monoisotopic (exact) mass is 211 g/mol. The van der Waals surface area contributed by atoms with Crippen molar-refractivity contribution in [1.82, 2.24) is 4.90 Å². The molecule has 0 unspecified atom stereocenters. The van der Waals surface area contributed by atoms with Crippen LogP contribution in [-0.4, -0.2) is 35.8 Å². The Morgan fingerprint density at radius 2 is 2.00 bits per heavy atom. The molecule has 0 aromatic heterocycles. The van der Waals surface area contributed by atoms with Gasteiger partial charge in [0.1, 0.15) is 13.2 Å². The molecule has 82 valence electrons. The number of nitrogens with zero attached hydrogens (tertiary/aromatic N) is 1. The van der Waals surface area contributed by atoms with Gasteiger partial charge in [0.25, 0.3) is 0 Å². The molecule has 1 aliphatic rings. The zero-order valence-corrected chi connectivity index (χ0v) is 8.56. The molecule has 0 N–H and O–H groups in total. The normalized spacial score (nSPS) is 16.5. The third kappa shape index (κ3) is 3.19. The van der Waals surface area contributed by atoms with Crippen LogP contribution >= 0.6 is 0 Å². The first kappa shape index (κ1) is 11.4. The Hall–Kier alpha value is -1.65. The summed E-state index contributed by atoms with van der Waals surface area (Å²) in [7, 11) is 0. The molecule has 0 spiro atoms. The van der Waals surface area contributed by atoms with Crippen molar-refractivity contribution in [2.45, 2.75) is 19.8 Å². The van der Waals surface area contributed by atoms with Crippen LogP contribution in [0.15, 0.2) is 12.2 Å². The predicted molar refractivity (Wildman–Crippen MR) is 51.7 cm³/mol. The maximum atomic E-state index is 11.2. The standard InChI is InChI=1S/C10H13NO4/c1-2-3-6-15-10(14)7-11-8(12)4-5-9(11)13/h2-3H,4-7H2,1H3/b3-2+. The third-order valence-corrected chi connectivity index (χ3v) is 2.02. The lowest BCUT2D eigenvalue weighted by atomic mass is 10.4. The summed E-state index contributed by atoms with van der Waals surface area (Å²) in [6.45, 7) is 1.71. The zero-order valence-electron chi connectivity index (χ0n) is 8.56. The minimum atomic E-state index is -0.559. The lowest BCUT2D eigenvalue weighted by molar-refractivity contribution is -0.151. The van der Waals surface area contributed by atoms with Gasteiger partial charge < -0.3 is 4.74 Å². The minimum Gasteiger partial charge on any atom is -0.460 e. The number of esters is 1. The van der Waals surface area contributed by atoms with E-state index in [4.69, 9.17) is 4.74 Å². The highest BCUT2D eigenvalue weighted by Crippen LogP contribution is 2.10. The Morgan fingerprint density at radius 1 is 1.40 bits per heavy atom. The van der Waals surface area contributed by atoms with Crippen molar-refractivity contribution in [2.75, 3.05) is 13.2 Å². The third-order valence-electron chi connectivity index (χ3n) is 2.02. The van der Waals surface area contributed by atoms with Crippen LogP contribution in [0.4, 0.5) is 0 Å². The summed E-state index contributed by atoms with van der Waals surface area (Å²) in [5.41, 5.74) is 0. The van der Waals surface area contributed by atoms with E-state index in [-0.39, 0.29) is 37.8 Å². The summed E-state index contributed by atoms with van der Waals surface area (Å²) >= 11 is 0. The van der Waals surface area contributed by atoms with Crippen molar-refractivity contribution in [2.24, 2.45) is 0 Å². The van der Waals surface area contributed by atoms with E-state index in [1.54, 1.807) is 19.1 Å². The minimum absolute atomic E-state index is 0.172. The number of ether oxygens (including phenoxy) is 1. The van der Waals surface area contributed by atoms with E-state index in [2.05, 4.69) is 0 Å². The molecule has 1 rings (SSSR count). The van der Waals surface area contributed by atoms with Crippen molar-refractivity contribution in [1.29, 1.82) is 0 Å². The van der Waals surface area contributed by atoms with E-state index in [9.17, 15) is 14.4 Å². The molecule has 0 atom stereocenters. The number of carbonyl (C=O) groups excluding carboxylic acids is 3. The van der Waals surface area contributed by atoms with Crippen molar-refractivity contribution < 1.29 is 19.1 Å². The second-order valence-corrected chi connectivity index (χ2v) is 3.13. The number of rotatable bonds is 4. The van der Waals surface area contributed by atoms with Crippen molar-refractivity contribution >= 4 is 17.8 Å². The Morgan fingerprint density at radius 3 is 2.53 bits per heavy atom. The quantitative estimate of drug-likeness (QED) is 0.380. The molecule has 15 heavy (non-hydrogen) atoms. The Labute approximate surface area is 87.7 Å². The number of hydrogen-bond donors (Lipinski definition) is 0. The summed E-state index contributed by atoms with van der Waals surface area (Å²) in [6.07, 6.45) is 3.81. The first-order valence-electron chi connectivity index (χ1n) is 4.75. The SMILES string of the molecule is C/C=C/COC(=O)CN1C(=O)CCC1=O. The van der Waals surface area contributed by atoms with Gasteiger partial charge in [-0.2, -0.15) is 0 Å². The molecule has 5 nitrogen and oxygen atoms in total. The van der Waals surface area contributed by atoms with Gasteiger partial charge in [-0.15, -0.1) is 0 Å². The van der Waals surface area contributed by atoms with Crippen LogP contribution in [0.25, 0.3) is 0 Å². The van der Waals surface area contributed by atoms with Crippen molar-refractivity contribution in [3.8, 4) is 0 Å². The van der Waals surface area contributed by atoms with Crippen LogP contribution < -0.4 is 0 Å². The molecule has 2 amide bonds. The Balaban J connectivity index is 2.37. The molecular formula is C10H13NO4. The predicted octanol–water partition coefficient (Wildman–Crippen LogP) is 0.255. The summed E-state index contributed by atoms with van der Waals surface area (Å²) < 4.78 is 4.77. The van der Waals surface area contributed by atoms with Crippen molar-refractivity contribution in [3.05, 3.63) is 12.2 Å². The van der Waals surface area contributed by atoms with Gasteiger partial charge >= 0.3 is 5.97 Å². The maximum absolute atomic E-state index is 11.2. The molecule has 1 heterocycles. The van der Waals surface area contributed by atoms with Crippen LogP contribution in [0.5, 0.6) is 0 Å². The first-order chi connectivity index (χ1) is 7.15. The van der Waals surface area contributed by atoms with E-state index in [0.29, 0.717) is 0 Å². The van der Waals surface area contributed by atoms with Gasteiger partial charge in [0.05, 0.1) is 0 Å². The average Bonchev–Trinajstić information content (AvgIpc) is 2.50. The number of carbonyl (C=O) groups is 3. The molecule has 0 aliphatic carbocycles. The number of imide groups is 1. The number of likely N-dealkylation sites (tertiary alicyclic amines) is 1. The van der Waals surface area contributed by atoms with Gasteiger partial charge in [0, 0.05) is 12.8 Å². The molecule has 0 saturated carbocycles. The molecule has 0 aromatic carbocycles. The van der Waals surface area contributed by atoms with E-state index in [1.807, 2.05) is 0 Å². The highest BCUT2D eigenvalue weighted by molar-refractivity contribution is 6.04. The number of amides is 2. The van der Waals surface area contributed by atoms with Gasteiger partial charge in [-0.05, 0) is 6.92 Å².